The van der Waals surface area contributed by atoms with Crippen molar-refractivity contribution in [2.45, 2.75) is 51.2 Å². The van der Waals surface area contributed by atoms with Gasteiger partial charge in [0.05, 0.1) is 0 Å². The summed E-state index contributed by atoms with van der Waals surface area (Å²) in [4.78, 5) is 21.9. The molecule has 0 heterocycles. The summed E-state index contributed by atoms with van der Waals surface area (Å²) in [6.07, 6.45) is -0.939. The van der Waals surface area contributed by atoms with Crippen molar-refractivity contribution in [3.8, 4) is 0 Å². The minimum Gasteiger partial charge on any atom is -0.385 e. The molecule has 0 aromatic rings. The molecule has 0 saturated heterocycles. The zero-order valence-electron chi connectivity index (χ0n) is 9.70. The predicted molar refractivity (Wildman–Crippen MR) is 53.0 cm³/mol. The van der Waals surface area contributed by atoms with Crippen LogP contribution >= 0.6 is 0 Å². The van der Waals surface area contributed by atoms with Gasteiger partial charge >= 0.3 is 23.6 Å². The molecule has 0 radical (unpaired) electrons. The van der Waals surface area contributed by atoms with E-state index < -0.39 is 36.5 Å². The Morgan fingerprint density at radius 1 is 1.00 bits per heavy atom. The van der Waals surface area contributed by atoms with Gasteiger partial charge in [-0.25, -0.2) is 9.59 Å². The minimum atomic E-state index is -3.35. The molecule has 2 N–H and O–H groups in total. The molecule has 2 atom stereocenters. The number of hydrogen-bond donors (Lipinski definition) is 2. The van der Waals surface area contributed by atoms with Gasteiger partial charge in [-0.2, -0.15) is 8.78 Å². The van der Waals surface area contributed by atoms with E-state index in [1.165, 1.54) is 13.8 Å². The van der Waals surface area contributed by atoms with E-state index in [2.05, 4.69) is 4.74 Å². The summed E-state index contributed by atoms with van der Waals surface area (Å²) in [5, 5.41) is 17.9. The molecule has 0 aliphatic heterocycles. The Morgan fingerprint density at radius 3 is 1.53 bits per heavy atom. The molecule has 0 aromatic carbocycles. The molecule has 0 aliphatic rings. The summed E-state index contributed by atoms with van der Waals surface area (Å²) in [6, 6.07) is 0. The SMILES string of the molecule is CCCC(O)(F)C(=O)OC(=O)C(O)(F)CCC. The minimum absolute atomic E-state index is 0.116. The molecule has 17 heavy (non-hydrogen) atoms. The summed E-state index contributed by atoms with van der Waals surface area (Å²) in [5.74, 6) is -10.5. The second-order valence-electron chi connectivity index (χ2n) is 3.70. The van der Waals surface area contributed by atoms with E-state index in [1.807, 2.05) is 0 Å². The fourth-order valence-corrected chi connectivity index (χ4v) is 1.11. The Balaban J connectivity index is 4.54. The van der Waals surface area contributed by atoms with Gasteiger partial charge in [0.25, 0.3) is 0 Å². The highest BCUT2D eigenvalue weighted by Gasteiger charge is 2.44. The quantitative estimate of drug-likeness (QED) is 0.545. The van der Waals surface area contributed by atoms with Crippen molar-refractivity contribution in [3.05, 3.63) is 0 Å². The fourth-order valence-electron chi connectivity index (χ4n) is 1.11. The Morgan fingerprint density at radius 2 is 1.29 bits per heavy atom. The zero-order chi connectivity index (χ0) is 13.7. The van der Waals surface area contributed by atoms with Crippen LogP contribution in [0.4, 0.5) is 8.78 Å². The monoisotopic (exact) mass is 254 g/mol. The number of esters is 2. The number of rotatable bonds is 6. The normalized spacial score (nSPS) is 18.0. The maximum atomic E-state index is 13.1. The molecule has 0 fully saturated rings. The molecule has 7 heteroatoms. The molecule has 5 nitrogen and oxygen atoms in total. The Bertz CT molecular complexity index is 260. The van der Waals surface area contributed by atoms with Crippen LogP contribution in [0.1, 0.15) is 39.5 Å². The van der Waals surface area contributed by atoms with Gasteiger partial charge < -0.3 is 14.9 Å². The van der Waals surface area contributed by atoms with Crippen molar-refractivity contribution in [1.29, 1.82) is 0 Å². The van der Waals surface area contributed by atoms with E-state index in [1.54, 1.807) is 0 Å². The van der Waals surface area contributed by atoms with Crippen molar-refractivity contribution in [2.24, 2.45) is 0 Å². The molecule has 0 spiro atoms. The van der Waals surface area contributed by atoms with Gasteiger partial charge in [-0.15, -0.1) is 0 Å². The molecule has 100 valence electrons. The van der Waals surface area contributed by atoms with Crippen LogP contribution in [-0.4, -0.2) is 33.9 Å². The Labute approximate surface area is 97.4 Å². The number of carbonyl (C=O) groups is 2. The molecule has 0 amide bonds. The summed E-state index contributed by atoms with van der Waals surface area (Å²) in [6.45, 7) is 2.98. The van der Waals surface area contributed by atoms with E-state index in [0.717, 1.165) is 0 Å². The largest absolute Gasteiger partial charge is 0.385 e. The summed E-state index contributed by atoms with van der Waals surface area (Å²) >= 11 is 0. The van der Waals surface area contributed by atoms with Gasteiger partial charge in [0.15, 0.2) is 0 Å². The van der Waals surface area contributed by atoms with Gasteiger partial charge in [0.2, 0.25) is 0 Å². The first-order valence-corrected chi connectivity index (χ1v) is 5.26. The Kier molecular flexibility index (Phi) is 5.63. The van der Waals surface area contributed by atoms with Crippen LogP contribution in [0.25, 0.3) is 0 Å². The first kappa shape index (κ1) is 15.9. The van der Waals surface area contributed by atoms with E-state index >= 15 is 0 Å². The van der Waals surface area contributed by atoms with Gasteiger partial charge in [-0.3, -0.25) is 0 Å². The summed E-state index contributed by atoms with van der Waals surface area (Å²) < 4.78 is 30.0. The molecule has 2 unspecified atom stereocenters. The van der Waals surface area contributed by atoms with E-state index in [-0.39, 0.29) is 12.8 Å². The predicted octanol–water partition coefficient (Wildman–Crippen LogP) is 0.973. The summed E-state index contributed by atoms with van der Waals surface area (Å²) in [5.41, 5.74) is 0. The topological polar surface area (TPSA) is 83.8 Å². The van der Waals surface area contributed by atoms with Crippen LogP contribution in [0.3, 0.4) is 0 Å². The maximum absolute atomic E-state index is 13.1. The third-order valence-electron chi connectivity index (χ3n) is 1.97. The van der Waals surface area contributed by atoms with Crippen LogP contribution < -0.4 is 0 Å². The van der Waals surface area contributed by atoms with Crippen molar-refractivity contribution in [2.75, 3.05) is 0 Å². The third-order valence-corrected chi connectivity index (χ3v) is 1.97. The first-order chi connectivity index (χ1) is 7.67. The highest BCUT2D eigenvalue weighted by Crippen LogP contribution is 2.21. The van der Waals surface area contributed by atoms with E-state index in [4.69, 9.17) is 10.2 Å². The van der Waals surface area contributed by atoms with E-state index in [9.17, 15) is 18.4 Å². The van der Waals surface area contributed by atoms with Crippen LogP contribution in [0.5, 0.6) is 0 Å². The van der Waals surface area contributed by atoms with Gasteiger partial charge in [-0.05, 0) is 0 Å². The number of halogens is 2. The zero-order valence-corrected chi connectivity index (χ0v) is 9.70. The first-order valence-electron chi connectivity index (χ1n) is 5.26. The summed E-state index contributed by atoms with van der Waals surface area (Å²) in [7, 11) is 0. The number of aliphatic hydroxyl groups is 2. The second-order valence-corrected chi connectivity index (χ2v) is 3.70. The average Bonchev–Trinajstić information content (AvgIpc) is 2.17. The van der Waals surface area contributed by atoms with Gasteiger partial charge in [0, 0.05) is 12.8 Å². The molecule has 0 aromatic heterocycles. The van der Waals surface area contributed by atoms with Crippen LogP contribution in [0.15, 0.2) is 0 Å². The lowest BCUT2D eigenvalue weighted by Gasteiger charge is -2.19. The van der Waals surface area contributed by atoms with Crippen molar-refractivity contribution < 1.29 is 33.3 Å². The number of ether oxygens (including phenoxy) is 1. The van der Waals surface area contributed by atoms with Gasteiger partial charge in [-0.1, -0.05) is 26.7 Å². The molecular formula is C10H16F2O5. The van der Waals surface area contributed by atoms with Gasteiger partial charge in [0.1, 0.15) is 0 Å². The van der Waals surface area contributed by atoms with Crippen LogP contribution in [-0.2, 0) is 14.3 Å². The maximum Gasteiger partial charge on any atom is 0.379 e. The van der Waals surface area contributed by atoms with E-state index in [0.29, 0.717) is 0 Å². The smallest absolute Gasteiger partial charge is 0.379 e. The molecule has 0 aliphatic carbocycles. The molecule has 0 bridgehead atoms. The molecular weight excluding hydrogens is 238 g/mol. The number of hydrogen-bond acceptors (Lipinski definition) is 5. The third kappa shape index (κ3) is 4.74. The number of alkyl halides is 2. The van der Waals surface area contributed by atoms with Crippen molar-refractivity contribution >= 4 is 11.9 Å². The lowest BCUT2D eigenvalue weighted by Crippen LogP contribution is -2.42. The van der Waals surface area contributed by atoms with Crippen LogP contribution in [0.2, 0.25) is 0 Å². The van der Waals surface area contributed by atoms with Crippen LogP contribution in [0, 0.1) is 0 Å². The number of carbonyl (C=O) groups excluding carboxylic acids is 2. The second kappa shape index (κ2) is 6.02. The van der Waals surface area contributed by atoms with Crippen molar-refractivity contribution in [3.63, 3.8) is 0 Å². The highest BCUT2D eigenvalue weighted by molar-refractivity contribution is 5.92. The highest BCUT2D eigenvalue weighted by atomic mass is 19.2. The average molecular weight is 254 g/mol. The lowest BCUT2D eigenvalue weighted by atomic mass is 10.1. The Hall–Kier alpha value is -1.08. The molecule has 0 rings (SSSR count). The van der Waals surface area contributed by atoms with Crippen molar-refractivity contribution in [1.82, 2.24) is 0 Å². The fraction of sp³-hybridized carbons (Fsp3) is 0.800. The molecule has 0 saturated carbocycles. The lowest BCUT2D eigenvalue weighted by molar-refractivity contribution is -0.209. The standard InChI is InChI=1S/C10H16F2O5/c1-3-5-9(11,15)7(13)17-8(14)10(12,16)6-4-2/h15-16H,3-6H2,1-2H3.